The molecule has 4 nitrogen and oxygen atoms in total. The van der Waals surface area contributed by atoms with E-state index in [9.17, 15) is 0 Å². The van der Waals surface area contributed by atoms with Gasteiger partial charge in [0.15, 0.2) is 0 Å². The lowest BCUT2D eigenvalue weighted by molar-refractivity contribution is 1.09. The first-order valence-electron chi connectivity index (χ1n) is 20.1. The average Bonchev–Trinajstić information content (AvgIpc) is 3.93. The van der Waals surface area contributed by atoms with Gasteiger partial charge in [0.05, 0.1) is 38.8 Å². The molecule has 0 aliphatic carbocycles. The molecule has 0 amide bonds. The molecular formula is C54H36N4S. The van der Waals surface area contributed by atoms with Gasteiger partial charge < -0.3 is 8.97 Å². The van der Waals surface area contributed by atoms with Gasteiger partial charge in [-0.15, -0.1) is 0 Å². The molecule has 5 aromatic heterocycles. The normalized spacial score (nSPS) is 12.4. The molecular weight excluding hydrogens is 737 g/mol. The van der Waals surface area contributed by atoms with Gasteiger partial charge in [0.2, 0.25) is 0 Å². The van der Waals surface area contributed by atoms with Gasteiger partial charge >= 0.3 is 0 Å². The number of fused-ring (bicyclic) bond motifs is 11. The van der Waals surface area contributed by atoms with Gasteiger partial charge in [-0.3, -0.25) is 0 Å². The summed E-state index contributed by atoms with van der Waals surface area (Å²) < 4.78 is 4.87. The Bertz CT molecular complexity index is 3570. The molecule has 5 heteroatoms. The van der Waals surface area contributed by atoms with E-state index in [1.807, 2.05) is 55.1 Å². The molecule has 0 saturated carbocycles. The molecule has 13 rings (SSSR count). The maximum absolute atomic E-state index is 4.56. The van der Waals surface area contributed by atoms with E-state index in [2.05, 4.69) is 171 Å². The molecule has 0 spiro atoms. The van der Waals surface area contributed by atoms with Crippen LogP contribution in [0.25, 0.3) is 88.1 Å². The molecule has 7 aromatic carbocycles. The van der Waals surface area contributed by atoms with Crippen molar-refractivity contribution < 1.29 is 0 Å². The van der Waals surface area contributed by atoms with Crippen LogP contribution in [0.4, 0.5) is 0 Å². The SMILES string of the molecule is Cc1nc(-c2ccccc2)c2ccccc2n1.c1ccc(-n2c3ccccc3c3cc(-c4ccc5c(c4)Sc4c(c6c7ccccc7c7cccc4n76)C5)ccc32)cc1. The van der Waals surface area contributed by atoms with Gasteiger partial charge in [0, 0.05) is 54.4 Å². The van der Waals surface area contributed by atoms with Gasteiger partial charge in [0.25, 0.3) is 0 Å². The highest BCUT2D eigenvalue weighted by Crippen LogP contribution is 2.49. The van der Waals surface area contributed by atoms with E-state index in [1.165, 1.54) is 86.9 Å². The van der Waals surface area contributed by atoms with Crippen LogP contribution in [0, 0.1) is 6.92 Å². The standard InChI is InChI=1S/C39H24N2S.C15H12N2/c1-2-9-27(10-3-1)40-33-14-7-6-12-29(33)31-21-24(19-20-35(31)40)25-17-18-26-22-32-38-30-13-5-4-11-28(30)34-15-8-16-36(41(34)38)39(32)42-37(26)23-25;1-11-16-14-10-6-5-9-13(14)15(17-11)12-7-3-2-4-8-12/h1-21,23H,22H2;2-10H,1H3. The van der Waals surface area contributed by atoms with Crippen molar-refractivity contribution in [3.05, 3.63) is 205 Å². The Morgan fingerprint density at radius 2 is 1.10 bits per heavy atom. The van der Waals surface area contributed by atoms with E-state index in [0.29, 0.717) is 0 Å². The molecule has 0 N–H and O–H groups in total. The molecule has 12 aromatic rings. The molecule has 6 heterocycles. The largest absolute Gasteiger partial charge is 0.309 e. The zero-order valence-electron chi connectivity index (χ0n) is 32.3. The number of hydrogen-bond donors (Lipinski definition) is 0. The summed E-state index contributed by atoms with van der Waals surface area (Å²) in [6.45, 7) is 1.93. The minimum Gasteiger partial charge on any atom is -0.309 e. The van der Waals surface area contributed by atoms with Crippen molar-refractivity contribution >= 4 is 71.8 Å². The van der Waals surface area contributed by atoms with Crippen LogP contribution in [0.3, 0.4) is 0 Å². The van der Waals surface area contributed by atoms with Gasteiger partial charge in [-0.25, -0.2) is 9.97 Å². The number of nitrogens with zero attached hydrogens (tertiary/aromatic N) is 4. The third kappa shape index (κ3) is 5.39. The lowest BCUT2D eigenvalue weighted by atomic mass is 9.98. The number of pyridine rings is 1. The number of benzene rings is 7. The molecule has 0 radical (unpaired) electrons. The molecule has 0 fully saturated rings. The topological polar surface area (TPSA) is 35.1 Å². The average molecular weight is 773 g/mol. The Labute approximate surface area is 345 Å². The molecule has 278 valence electrons. The fourth-order valence-electron chi connectivity index (χ4n) is 9.30. The summed E-state index contributed by atoms with van der Waals surface area (Å²) in [5, 5.41) is 6.38. The Morgan fingerprint density at radius 1 is 0.475 bits per heavy atom. The number of aromatic nitrogens is 4. The predicted octanol–water partition coefficient (Wildman–Crippen LogP) is 14.1. The van der Waals surface area contributed by atoms with Crippen LogP contribution in [0.2, 0.25) is 0 Å². The van der Waals surface area contributed by atoms with E-state index in [1.54, 1.807) is 0 Å². The maximum Gasteiger partial charge on any atom is 0.126 e. The minimum absolute atomic E-state index is 0.808. The molecule has 0 unspecified atom stereocenters. The quantitative estimate of drug-likeness (QED) is 0.179. The maximum atomic E-state index is 4.56. The third-order valence-electron chi connectivity index (χ3n) is 11.9. The summed E-state index contributed by atoms with van der Waals surface area (Å²) in [7, 11) is 0. The molecule has 59 heavy (non-hydrogen) atoms. The number of rotatable bonds is 3. The minimum atomic E-state index is 0.808. The smallest absolute Gasteiger partial charge is 0.126 e. The zero-order valence-corrected chi connectivity index (χ0v) is 33.1. The van der Waals surface area contributed by atoms with E-state index < -0.39 is 0 Å². The van der Waals surface area contributed by atoms with Crippen LogP contribution in [0.1, 0.15) is 17.0 Å². The lowest BCUT2D eigenvalue weighted by Gasteiger charge is -2.18. The van der Waals surface area contributed by atoms with Crippen LogP contribution in [-0.2, 0) is 6.42 Å². The predicted molar refractivity (Wildman–Crippen MR) is 246 cm³/mol. The van der Waals surface area contributed by atoms with Crippen LogP contribution in [0.5, 0.6) is 0 Å². The molecule has 1 aliphatic heterocycles. The van der Waals surface area contributed by atoms with E-state index in [-0.39, 0.29) is 0 Å². The van der Waals surface area contributed by atoms with Crippen molar-refractivity contribution in [1.82, 2.24) is 18.9 Å². The van der Waals surface area contributed by atoms with Crippen molar-refractivity contribution in [2.75, 3.05) is 0 Å². The molecule has 0 bridgehead atoms. The summed E-state index contributed by atoms with van der Waals surface area (Å²) >= 11 is 1.94. The Morgan fingerprint density at radius 3 is 1.93 bits per heavy atom. The summed E-state index contributed by atoms with van der Waals surface area (Å²) in [4.78, 5) is 11.8. The summed E-state index contributed by atoms with van der Waals surface area (Å²) in [6.07, 6.45) is 0.965. The molecule has 1 aliphatic rings. The fraction of sp³-hybridized carbons (Fsp3) is 0.0370. The van der Waals surface area contributed by atoms with Crippen molar-refractivity contribution in [2.24, 2.45) is 0 Å². The molecule has 0 atom stereocenters. The Kier molecular flexibility index (Phi) is 7.72. The van der Waals surface area contributed by atoms with Crippen LogP contribution in [-0.4, -0.2) is 18.9 Å². The van der Waals surface area contributed by atoms with Gasteiger partial charge in [-0.05, 0) is 83.8 Å². The Balaban J connectivity index is 0.000000186. The van der Waals surface area contributed by atoms with Crippen molar-refractivity contribution in [3.63, 3.8) is 0 Å². The first-order valence-corrected chi connectivity index (χ1v) is 20.9. The highest BCUT2D eigenvalue weighted by molar-refractivity contribution is 7.99. The highest BCUT2D eigenvalue weighted by atomic mass is 32.2. The lowest BCUT2D eigenvalue weighted by Crippen LogP contribution is -1.98. The molecule has 0 saturated heterocycles. The number of para-hydroxylation sites is 3. The summed E-state index contributed by atoms with van der Waals surface area (Å²) in [5.74, 6) is 0.808. The number of aryl methyl sites for hydroxylation is 1. The van der Waals surface area contributed by atoms with Crippen LogP contribution >= 0.6 is 11.8 Å². The van der Waals surface area contributed by atoms with Crippen molar-refractivity contribution in [1.29, 1.82) is 0 Å². The highest BCUT2D eigenvalue weighted by Gasteiger charge is 2.27. The van der Waals surface area contributed by atoms with E-state index in [0.717, 1.165) is 34.4 Å². The first-order chi connectivity index (χ1) is 29.2. The van der Waals surface area contributed by atoms with Crippen molar-refractivity contribution in [2.45, 2.75) is 23.1 Å². The third-order valence-corrected chi connectivity index (χ3v) is 13.2. The van der Waals surface area contributed by atoms with Crippen LogP contribution < -0.4 is 0 Å². The van der Waals surface area contributed by atoms with Gasteiger partial charge in [-0.1, -0.05) is 145 Å². The summed E-state index contributed by atoms with van der Waals surface area (Å²) in [6, 6.07) is 67.4. The second-order valence-corrected chi connectivity index (χ2v) is 16.4. The monoisotopic (exact) mass is 772 g/mol. The zero-order chi connectivity index (χ0) is 39.0. The first kappa shape index (κ1) is 33.9. The summed E-state index contributed by atoms with van der Waals surface area (Å²) in [5.41, 5.74) is 16.2. The van der Waals surface area contributed by atoms with E-state index in [4.69, 9.17) is 0 Å². The van der Waals surface area contributed by atoms with Gasteiger partial charge in [-0.2, -0.15) is 0 Å². The fourth-order valence-corrected chi connectivity index (χ4v) is 10.5. The van der Waals surface area contributed by atoms with Crippen LogP contribution in [0.15, 0.2) is 198 Å². The second kappa shape index (κ2) is 13.4. The van der Waals surface area contributed by atoms with E-state index >= 15 is 0 Å². The number of hydrogen-bond acceptors (Lipinski definition) is 3. The van der Waals surface area contributed by atoms with Crippen molar-refractivity contribution in [3.8, 4) is 28.1 Å². The Hall–Kier alpha value is -7.21. The second-order valence-electron chi connectivity index (χ2n) is 15.4. The van der Waals surface area contributed by atoms with Gasteiger partial charge in [0.1, 0.15) is 5.82 Å².